The van der Waals surface area contributed by atoms with Gasteiger partial charge in [-0.15, -0.1) is 0 Å². The van der Waals surface area contributed by atoms with Crippen LogP contribution in [0.1, 0.15) is 24.5 Å². The summed E-state index contributed by atoms with van der Waals surface area (Å²) in [6, 6.07) is 5.85. The summed E-state index contributed by atoms with van der Waals surface area (Å²) in [6.45, 7) is 4.19. The van der Waals surface area contributed by atoms with Crippen LogP contribution < -0.4 is 0 Å². The first-order valence-electron chi connectivity index (χ1n) is 5.04. The van der Waals surface area contributed by atoms with Gasteiger partial charge in [-0.25, -0.2) is 0 Å². The summed E-state index contributed by atoms with van der Waals surface area (Å²) < 4.78 is 5.80. The molecule has 16 heavy (non-hydrogen) atoms. The quantitative estimate of drug-likeness (QED) is 0.615. The molecule has 0 N–H and O–H groups in total. The lowest BCUT2D eigenvalue weighted by Gasteiger charge is -1.97. The van der Waals surface area contributed by atoms with Crippen molar-refractivity contribution in [3.8, 4) is 11.8 Å². The van der Waals surface area contributed by atoms with Crippen molar-refractivity contribution in [2.24, 2.45) is 0 Å². The van der Waals surface area contributed by atoms with Gasteiger partial charge in [-0.05, 0) is 31.5 Å². The molecule has 1 rings (SSSR count). The van der Waals surface area contributed by atoms with E-state index in [-0.39, 0.29) is 12.4 Å². The third kappa shape index (κ3) is 4.08. The molecule has 3 heteroatoms. The van der Waals surface area contributed by atoms with Gasteiger partial charge in [-0.2, -0.15) is 0 Å². The van der Waals surface area contributed by atoms with Crippen molar-refractivity contribution in [2.45, 2.75) is 20.3 Å². The van der Waals surface area contributed by atoms with Crippen LogP contribution in [0.5, 0.6) is 0 Å². The number of benzene rings is 1. The fourth-order valence-electron chi connectivity index (χ4n) is 1.10. The van der Waals surface area contributed by atoms with E-state index in [4.69, 9.17) is 4.74 Å². The molecule has 0 unspecified atom stereocenters. The molecule has 0 atom stereocenters. The third-order valence-corrected chi connectivity index (χ3v) is 2.80. The molecule has 1 aromatic rings. The number of carbonyl (C=O) groups is 1. The highest BCUT2D eigenvalue weighted by molar-refractivity contribution is 9.10. The van der Waals surface area contributed by atoms with Crippen molar-refractivity contribution in [1.29, 1.82) is 0 Å². The molecule has 0 bridgehead atoms. The summed E-state index contributed by atoms with van der Waals surface area (Å²) in [7, 11) is 0. The maximum absolute atomic E-state index is 11.0. The zero-order valence-electron chi connectivity index (χ0n) is 9.34. The normalized spacial score (nSPS) is 9.19. The van der Waals surface area contributed by atoms with Crippen molar-refractivity contribution < 1.29 is 9.53 Å². The highest BCUT2D eigenvalue weighted by atomic mass is 79.9. The fourth-order valence-corrected chi connectivity index (χ4v) is 1.48. The van der Waals surface area contributed by atoms with Crippen molar-refractivity contribution in [3.05, 3.63) is 33.8 Å². The van der Waals surface area contributed by atoms with Gasteiger partial charge in [0.15, 0.2) is 0 Å². The number of aryl methyl sites for hydroxylation is 1. The Morgan fingerprint density at radius 2 is 2.25 bits per heavy atom. The second kappa shape index (κ2) is 6.34. The van der Waals surface area contributed by atoms with E-state index in [0.717, 1.165) is 15.6 Å². The Morgan fingerprint density at radius 3 is 2.88 bits per heavy atom. The Hall–Kier alpha value is -1.27. The molecular formula is C13H13BrO2. The maximum atomic E-state index is 11.0. The van der Waals surface area contributed by atoms with E-state index in [1.165, 1.54) is 0 Å². The molecule has 0 heterocycles. The summed E-state index contributed by atoms with van der Waals surface area (Å²) in [6.07, 6.45) is 0.138. The van der Waals surface area contributed by atoms with Crippen LogP contribution in [-0.2, 0) is 9.53 Å². The summed E-state index contributed by atoms with van der Waals surface area (Å²) >= 11 is 3.43. The van der Waals surface area contributed by atoms with Gasteiger partial charge >= 0.3 is 5.97 Å². The second-order valence-electron chi connectivity index (χ2n) is 3.25. The molecular weight excluding hydrogens is 268 g/mol. The van der Waals surface area contributed by atoms with Crippen molar-refractivity contribution >= 4 is 21.9 Å². The van der Waals surface area contributed by atoms with Crippen molar-refractivity contribution in [1.82, 2.24) is 0 Å². The number of rotatable bonds is 2. The van der Waals surface area contributed by atoms with E-state index in [2.05, 4.69) is 27.8 Å². The lowest BCUT2D eigenvalue weighted by molar-refractivity contribution is -0.141. The Kier molecular flexibility index (Phi) is 5.07. The first-order valence-corrected chi connectivity index (χ1v) is 5.83. The van der Waals surface area contributed by atoms with E-state index >= 15 is 0 Å². The topological polar surface area (TPSA) is 26.3 Å². The summed E-state index contributed by atoms with van der Waals surface area (Å²) in [5.41, 5.74) is 2.05. The number of carbonyl (C=O) groups excluding carboxylic acids is 1. The minimum Gasteiger partial charge on any atom is -0.465 e. The lowest BCUT2D eigenvalue weighted by atomic mass is 10.1. The van der Waals surface area contributed by atoms with Crippen LogP contribution in [0.15, 0.2) is 22.7 Å². The van der Waals surface area contributed by atoms with Gasteiger partial charge in [-0.3, -0.25) is 4.79 Å². The Balaban J connectivity index is 2.63. The standard InChI is InChI=1S/C13H13BrO2/c1-3-16-13(15)6-4-5-11-8-7-10(2)12(14)9-11/h7-9H,3,6H2,1-2H3. The summed E-state index contributed by atoms with van der Waals surface area (Å²) in [5, 5.41) is 0. The van der Waals surface area contributed by atoms with Gasteiger partial charge in [0.2, 0.25) is 0 Å². The van der Waals surface area contributed by atoms with Gasteiger partial charge in [-0.1, -0.05) is 33.8 Å². The Labute approximate surface area is 104 Å². The molecule has 0 saturated carbocycles. The highest BCUT2D eigenvalue weighted by Gasteiger charge is 1.97. The minimum absolute atomic E-state index is 0.138. The Morgan fingerprint density at radius 1 is 1.50 bits per heavy atom. The summed E-state index contributed by atoms with van der Waals surface area (Å²) in [4.78, 5) is 11.0. The number of esters is 1. The maximum Gasteiger partial charge on any atom is 0.317 e. The number of hydrogen-bond acceptors (Lipinski definition) is 2. The molecule has 1 aromatic carbocycles. The van der Waals surface area contributed by atoms with Crippen LogP contribution in [0.2, 0.25) is 0 Å². The molecule has 0 radical (unpaired) electrons. The Bertz CT molecular complexity index is 441. The molecule has 0 amide bonds. The van der Waals surface area contributed by atoms with E-state index in [0.29, 0.717) is 6.61 Å². The predicted octanol–water partition coefficient (Wildman–Crippen LogP) is 3.06. The zero-order valence-corrected chi connectivity index (χ0v) is 10.9. The van der Waals surface area contributed by atoms with Gasteiger partial charge < -0.3 is 4.74 Å². The van der Waals surface area contributed by atoms with E-state index in [1.54, 1.807) is 6.92 Å². The summed E-state index contributed by atoms with van der Waals surface area (Å²) in [5.74, 6) is 5.43. The molecule has 0 aliphatic carbocycles. The molecule has 0 aliphatic heterocycles. The van der Waals surface area contributed by atoms with Crippen LogP contribution in [0, 0.1) is 18.8 Å². The SMILES string of the molecule is CCOC(=O)CC#Cc1ccc(C)c(Br)c1. The fraction of sp³-hybridized carbons (Fsp3) is 0.308. The zero-order chi connectivity index (χ0) is 12.0. The number of ether oxygens (including phenoxy) is 1. The monoisotopic (exact) mass is 280 g/mol. The highest BCUT2D eigenvalue weighted by Crippen LogP contribution is 2.16. The molecule has 0 aliphatic rings. The second-order valence-corrected chi connectivity index (χ2v) is 4.10. The molecule has 2 nitrogen and oxygen atoms in total. The molecule has 0 saturated heterocycles. The van der Waals surface area contributed by atoms with Crippen LogP contribution in [0.4, 0.5) is 0 Å². The van der Waals surface area contributed by atoms with Gasteiger partial charge in [0.05, 0.1) is 6.61 Å². The molecule has 0 fully saturated rings. The van der Waals surface area contributed by atoms with Gasteiger partial charge in [0.1, 0.15) is 6.42 Å². The van der Waals surface area contributed by atoms with Gasteiger partial charge in [0.25, 0.3) is 0 Å². The largest absolute Gasteiger partial charge is 0.465 e. The number of hydrogen-bond donors (Lipinski definition) is 0. The van der Waals surface area contributed by atoms with E-state index < -0.39 is 0 Å². The molecule has 84 valence electrons. The smallest absolute Gasteiger partial charge is 0.317 e. The van der Waals surface area contributed by atoms with Crippen LogP contribution in [0.25, 0.3) is 0 Å². The van der Waals surface area contributed by atoms with Crippen molar-refractivity contribution in [2.75, 3.05) is 6.61 Å². The molecule has 0 spiro atoms. The minimum atomic E-state index is -0.277. The third-order valence-electron chi connectivity index (χ3n) is 1.94. The lowest BCUT2D eigenvalue weighted by Crippen LogP contribution is -2.01. The van der Waals surface area contributed by atoms with Crippen LogP contribution >= 0.6 is 15.9 Å². The van der Waals surface area contributed by atoms with Crippen LogP contribution in [-0.4, -0.2) is 12.6 Å². The van der Waals surface area contributed by atoms with Gasteiger partial charge in [0, 0.05) is 10.0 Å². The van der Waals surface area contributed by atoms with Crippen LogP contribution in [0.3, 0.4) is 0 Å². The average Bonchev–Trinajstić information content (AvgIpc) is 2.24. The van der Waals surface area contributed by atoms with E-state index in [9.17, 15) is 4.79 Å². The van der Waals surface area contributed by atoms with E-state index in [1.807, 2.05) is 25.1 Å². The first kappa shape index (κ1) is 12.8. The predicted molar refractivity (Wildman–Crippen MR) is 67.0 cm³/mol. The number of halogens is 1. The van der Waals surface area contributed by atoms with Crippen molar-refractivity contribution in [3.63, 3.8) is 0 Å². The first-order chi connectivity index (χ1) is 7.63. The average molecular weight is 281 g/mol. The molecule has 0 aromatic heterocycles.